The Balaban J connectivity index is 1.70. The van der Waals surface area contributed by atoms with Crippen LogP contribution in [0.4, 0.5) is 11.4 Å². The van der Waals surface area contributed by atoms with E-state index in [4.69, 9.17) is 4.42 Å². The van der Waals surface area contributed by atoms with Crippen LogP contribution < -0.4 is 10.6 Å². The minimum Gasteiger partial charge on any atom is -0.467 e. The fourth-order valence-electron chi connectivity index (χ4n) is 3.55. The lowest BCUT2D eigenvalue weighted by Crippen LogP contribution is -2.31. The molecule has 0 atom stereocenters. The summed E-state index contributed by atoms with van der Waals surface area (Å²) in [5, 5.41) is 5.84. The second-order valence-corrected chi connectivity index (χ2v) is 7.46. The minimum atomic E-state index is -0.424. The monoisotopic (exact) mass is 429 g/mol. The predicted octanol–water partition coefficient (Wildman–Crippen LogP) is 4.19. The van der Waals surface area contributed by atoms with Crippen molar-refractivity contribution in [2.45, 2.75) is 26.8 Å². The van der Waals surface area contributed by atoms with Gasteiger partial charge in [0.25, 0.3) is 11.8 Å². The average molecular weight is 429 g/mol. The largest absolute Gasteiger partial charge is 0.467 e. The van der Waals surface area contributed by atoms with Crippen LogP contribution in [0.2, 0.25) is 0 Å². The Morgan fingerprint density at radius 1 is 0.938 bits per heavy atom. The molecule has 3 aromatic rings. The number of benzene rings is 2. The number of imide groups is 1. The van der Waals surface area contributed by atoms with Crippen LogP contribution in [0.15, 0.2) is 77.0 Å². The van der Waals surface area contributed by atoms with E-state index in [1.165, 1.54) is 23.7 Å². The number of amides is 3. The number of hydrogen-bond acceptors (Lipinski definition) is 5. The first-order valence-corrected chi connectivity index (χ1v) is 10.3. The number of rotatable bonds is 7. The van der Waals surface area contributed by atoms with E-state index >= 15 is 0 Å². The van der Waals surface area contributed by atoms with Crippen molar-refractivity contribution in [3.63, 3.8) is 0 Å². The third-order valence-electron chi connectivity index (χ3n) is 5.19. The van der Waals surface area contributed by atoms with Crippen LogP contribution in [0.1, 0.15) is 30.7 Å². The lowest BCUT2D eigenvalue weighted by molar-refractivity contribution is -0.137. The zero-order chi connectivity index (χ0) is 22.7. The number of hydrogen-bond donors (Lipinski definition) is 2. The molecule has 3 amide bonds. The van der Waals surface area contributed by atoms with Gasteiger partial charge in [0.05, 0.1) is 18.4 Å². The Bertz CT molecular complexity index is 1180. The van der Waals surface area contributed by atoms with Crippen LogP contribution >= 0.6 is 0 Å². The number of carbonyl (C=O) groups excluding carboxylic acids is 3. The van der Waals surface area contributed by atoms with Gasteiger partial charge in [-0.2, -0.15) is 0 Å². The van der Waals surface area contributed by atoms with Gasteiger partial charge in [-0.15, -0.1) is 0 Å². The van der Waals surface area contributed by atoms with Gasteiger partial charge in [0.1, 0.15) is 11.5 Å². The molecule has 7 nitrogen and oxygen atoms in total. The summed E-state index contributed by atoms with van der Waals surface area (Å²) in [4.78, 5) is 39.0. The molecule has 0 aliphatic carbocycles. The Kier molecular flexibility index (Phi) is 5.89. The first kappa shape index (κ1) is 21.1. The fourth-order valence-corrected chi connectivity index (χ4v) is 3.55. The summed E-state index contributed by atoms with van der Waals surface area (Å²) >= 11 is 0. The average Bonchev–Trinajstić information content (AvgIpc) is 3.38. The van der Waals surface area contributed by atoms with Gasteiger partial charge in [-0.3, -0.25) is 19.3 Å². The maximum Gasteiger partial charge on any atom is 0.278 e. The van der Waals surface area contributed by atoms with E-state index in [0.717, 1.165) is 6.42 Å². The summed E-state index contributed by atoms with van der Waals surface area (Å²) in [6.45, 7) is 3.53. The van der Waals surface area contributed by atoms with Gasteiger partial charge in [-0.25, -0.2) is 0 Å². The van der Waals surface area contributed by atoms with Crippen molar-refractivity contribution >= 4 is 34.7 Å². The number of furan rings is 1. The van der Waals surface area contributed by atoms with Crippen molar-refractivity contribution in [1.29, 1.82) is 0 Å². The molecule has 1 aliphatic heterocycles. The molecule has 0 unspecified atom stereocenters. The Morgan fingerprint density at radius 3 is 2.22 bits per heavy atom. The summed E-state index contributed by atoms with van der Waals surface area (Å²) in [6.07, 6.45) is 2.41. The molecular formula is C25H23N3O4. The number of anilines is 2. The third kappa shape index (κ3) is 4.32. The van der Waals surface area contributed by atoms with Gasteiger partial charge in [0.2, 0.25) is 5.91 Å². The molecule has 1 aliphatic rings. The lowest BCUT2D eigenvalue weighted by atomic mass is 10.0. The second-order valence-electron chi connectivity index (χ2n) is 7.46. The van der Waals surface area contributed by atoms with Crippen molar-refractivity contribution in [3.05, 3.63) is 89.5 Å². The van der Waals surface area contributed by atoms with E-state index in [2.05, 4.69) is 17.6 Å². The summed E-state index contributed by atoms with van der Waals surface area (Å²) in [5.74, 6) is -0.509. The van der Waals surface area contributed by atoms with Gasteiger partial charge in [0, 0.05) is 18.3 Å². The highest BCUT2D eigenvalue weighted by atomic mass is 16.3. The third-order valence-corrected chi connectivity index (χ3v) is 5.19. The topological polar surface area (TPSA) is 91.7 Å². The molecule has 0 saturated heterocycles. The molecule has 162 valence electrons. The first-order chi connectivity index (χ1) is 15.5. The molecular weight excluding hydrogens is 406 g/mol. The van der Waals surface area contributed by atoms with Crippen LogP contribution in [-0.2, 0) is 27.3 Å². The van der Waals surface area contributed by atoms with Gasteiger partial charge in [-0.1, -0.05) is 31.2 Å². The smallest absolute Gasteiger partial charge is 0.278 e. The van der Waals surface area contributed by atoms with Crippen LogP contribution in [0.25, 0.3) is 5.57 Å². The van der Waals surface area contributed by atoms with E-state index in [-0.39, 0.29) is 23.7 Å². The number of aryl methyl sites for hydroxylation is 1. The fraction of sp³-hybridized carbons (Fsp3) is 0.160. The van der Waals surface area contributed by atoms with E-state index in [0.29, 0.717) is 22.7 Å². The highest BCUT2D eigenvalue weighted by Crippen LogP contribution is 2.32. The predicted molar refractivity (Wildman–Crippen MR) is 121 cm³/mol. The van der Waals surface area contributed by atoms with E-state index < -0.39 is 11.8 Å². The molecule has 4 rings (SSSR count). The molecule has 0 spiro atoms. The van der Waals surface area contributed by atoms with Crippen molar-refractivity contribution < 1.29 is 18.8 Å². The van der Waals surface area contributed by atoms with E-state index in [1.54, 1.807) is 36.4 Å². The van der Waals surface area contributed by atoms with E-state index in [9.17, 15) is 14.4 Å². The van der Waals surface area contributed by atoms with Crippen molar-refractivity contribution in [3.8, 4) is 0 Å². The highest BCUT2D eigenvalue weighted by molar-refractivity contribution is 6.36. The lowest BCUT2D eigenvalue weighted by Gasteiger charge is -2.13. The quantitative estimate of drug-likeness (QED) is 0.550. The molecule has 0 saturated carbocycles. The summed E-state index contributed by atoms with van der Waals surface area (Å²) in [5.41, 5.74) is 3.55. The molecule has 0 fully saturated rings. The minimum absolute atomic E-state index is 0.0398. The second kappa shape index (κ2) is 8.93. The Labute approximate surface area is 185 Å². The van der Waals surface area contributed by atoms with Crippen molar-refractivity contribution in [1.82, 2.24) is 4.90 Å². The van der Waals surface area contributed by atoms with Crippen LogP contribution in [0.3, 0.4) is 0 Å². The highest BCUT2D eigenvalue weighted by Gasteiger charge is 2.39. The maximum atomic E-state index is 13.3. The molecule has 1 aromatic heterocycles. The molecule has 2 aromatic carbocycles. The molecule has 7 heteroatoms. The van der Waals surface area contributed by atoms with Crippen LogP contribution in [0.5, 0.6) is 0 Å². The number of carbonyl (C=O) groups is 3. The Hall–Kier alpha value is -4.13. The molecule has 2 N–H and O–H groups in total. The van der Waals surface area contributed by atoms with Crippen molar-refractivity contribution in [2.75, 3.05) is 10.6 Å². The van der Waals surface area contributed by atoms with Gasteiger partial charge in [-0.05, 0) is 53.9 Å². The zero-order valence-electron chi connectivity index (χ0n) is 17.8. The molecule has 0 bridgehead atoms. The van der Waals surface area contributed by atoms with Gasteiger partial charge < -0.3 is 15.1 Å². The molecule has 2 heterocycles. The van der Waals surface area contributed by atoms with Crippen LogP contribution in [-0.4, -0.2) is 22.6 Å². The van der Waals surface area contributed by atoms with Crippen molar-refractivity contribution in [2.24, 2.45) is 0 Å². The Morgan fingerprint density at radius 2 is 1.62 bits per heavy atom. The van der Waals surface area contributed by atoms with E-state index in [1.807, 2.05) is 24.3 Å². The van der Waals surface area contributed by atoms with Crippen LogP contribution in [0, 0.1) is 0 Å². The zero-order valence-corrected chi connectivity index (χ0v) is 17.8. The van der Waals surface area contributed by atoms with Gasteiger partial charge in [0.15, 0.2) is 0 Å². The summed E-state index contributed by atoms with van der Waals surface area (Å²) in [7, 11) is 0. The molecule has 0 radical (unpaired) electrons. The molecule has 32 heavy (non-hydrogen) atoms. The summed E-state index contributed by atoms with van der Waals surface area (Å²) < 4.78 is 5.34. The van der Waals surface area contributed by atoms with Gasteiger partial charge >= 0.3 is 0 Å². The standard InChI is InChI=1S/C25H23N3O4/c1-3-17-6-10-20(11-7-17)27-23-22(18-8-12-19(13-9-18)26-16(2)29)24(30)28(25(23)31)15-21-5-4-14-32-21/h4-14,27H,3,15H2,1-2H3,(H,26,29). The normalized spacial score (nSPS) is 13.6. The first-order valence-electron chi connectivity index (χ1n) is 10.3. The summed E-state index contributed by atoms with van der Waals surface area (Å²) in [6, 6.07) is 18.0. The number of nitrogens with one attached hydrogen (secondary N) is 2. The maximum absolute atomic E-state index is 13.3. The SMILES string of the molecule is CCc1ccc(NC2=C(c3ccc(NC(C)=O)cc3)C(=O)N(Cc3ccco3)C2=O)cc1. The number of nitrogens with zero attached hydrogens (tertiary/aromatic N) is 1.